The van der Waals surface area contributed by atoms with Gasteiger partial charge in [-0.05, 0) is 40.0 Å². The van der Waals surface area contributed by atoms with Gasteiger partial charge in [0, 0.05) is 30.8 Å². The van der Waals surface area contributed by atoms with E-state index in [2.05, 4.69) is 10.3 Å². The summed E-state index contributed by atoms with van der Waals surface area (Å²) in [7, 11) is 1.61. The van der Waals surface area contributed by atoms with Crippen LogP contribution in [0.5, 0.6) is 0 Å². The van der Waals surface area contributed by atoms with Crippen molar-refractivity contribution in [3.8, 4) is 10.4 Å². The summed E-state index contributed by atoms with van der Waals surface area (Å²) in [5.74, 6) is -1.13. The Morgan fingerprint density at radius 1 is 1.17 bits per heavy atom. The van der Waals surface area contributed by atoms with E-state index in [1.807, 2.05) is 0 Å². The molecule has 0 radical (unpaired) electrons. The molecule has 198 valence electrons. The number of carbonyl (C=O) groups is 2. The molecule has 0 saturated heterocycles. The molecule has 2 amide bonds. The van der Waals surface area contributed by atoms with Crippen LogP contribution >= 0.6 is 34.5 Å². The van der Waals surface area contributed by atoms with Crippen molar-refractivity contribution in [2.75, 3.05) is 13.6 Å². The van der Waals surface area contributed by atoms with Crippen LogP contribution in [0.4, 0.5) is 13.2 Å². The van der Waals surface area contributed by atoms with Crippen LogP contribution in [0.2, 0.25) is 10.0 Å². The van der Waals surface area contributed by atoms with E-state index in [9.17, 15) is 33.0 Å². The van der Waals surface area contributed by atoms with Crippen LogP contribution in [0.15, 0.2) is 12.1 Å². The Morgan fingerprint density at radius 2 is 1.78 bits per heavy atom. The van der Waals surface area contributed by atoms with Gasteiger partial charge in [0.2, 0.25) is 0 Å². The van der Waals surface area contributed by atoms with Gasteiger partial charge in [-0.15, -0.1) is 11.3 Å². The highest BCUT2D eigenvalue weighted by Crippen LogP contribution is 2.47. The summed E-state index contributed by atoms with van der Waals surface area (Å²) in [5, 5.41) is 21.6. The van der Waals surface area contributed by atoms with E-state index in [4.69, 9.17) is 23.2 Å². The number of hydrogen-bond donors (Lipinski definition) is 3. The molecule has 2 aromatic rings. The van der Waals surface area contributed by atoms with Crippen molar-refractivity contribution in [2.24, 2.45) is 0 Å². The van der Waals surface area contributed by atoms with E-state index in [-0.39, 0.29) is 38.8 Å². The Morgan fingerprint density at radius 3 is 2.28 bits per heavy atom. The minimum atomic E-state index is -5.02. The molecule has 1 aromatic heterocycles. The highest BCUT2D eigenvalue weighted by molar-refractivity contribution is 7.17. The van der Waals surface area contributed by atoms with E-state index < -0.39 is 39.8 Å². The summed E-state index contributed by atoms with van der Waals surface area (Å²) >= 11 is 13.4. The van der Waals surface area contributed by atoms with Crippen LogP contribution in [-0.2, 0) is 5.60 Å². The molecular formula is C23H26Cl2F3N3O4S. The molecule has 0 bridgehead atoms. The van der Waals surface area contributed by atoms with Crippen molar-refractivity contribution < 1.29 is 33.0 Å². The van der Waals surface area contributed by atoms with Gasteiger partial charge < -0.3 is 20.4 Å². The van der Waals surface area contributed by atoms with Crippen molar-refractivity contribution in [1.82, 2.24) is 15.2 Å². The van der Waals surface area contributed by atoms with Crippen LogP contribution in [0.3, 0.4) is 0 Å². The lowest BCUT2D eigenvalue weighted by Gasteiger charge is -2.34. The number of nitrogens with one attached hydrogen (secondary N) is 1. The van der Waals surface area contributed by atoms with E-state index in [1.54, 1.807) is 7.05 Å². The van der Waals surface area contributed by atoms with Crippen LogP contribution < -0.4 is 5.32 Å². The zero-order chi connectivity index (χ0) is 27.2. The number of hydrogen-bond acceptors (Lipinski definition) is 6. The van der Waals surface area contributed by atoms with E-state index in [0.29, 0.717) is 6.92 Å². The van der Waals surface area contributed by atoms with E-state index >= 15 is 0 Å². The number of halogens is 5. The normalized spacial score (nSPS) is 16.3. The zero-order valence-corrected chi connectivity index (χ0v) is 22.3. The van der Waals surface area contributed by atoms with Crippen LogP contribution in [0, 0.1) is 0 Å². The molecule has 0 spiro atoms. The van der Waals surface area contributed by atoms with Gasteiger partial charge in [0.15, 0.2) is 10.6 Å². The number of rotatable bonds is 7. The van der Waals surface area contributed by atoms with Crippen molar-refractivity contribution in [3.63, 3.8) is 0 Å². The second-order valence-electron chi connectivity index (χ2n) is 9.55. The highest BCUT2D eigenvalue weighted by atomic mass is 35.5. The maximum absolute atomic E-state index is 13.4. The predicted molar refractivity (Wildman–Crippen MR) is 132 cm³/mol. The number of nitrogens with zero attached hydrogens (tertiary/aromatic N) is 2. The molecule has 7 nitrogen and oxygen atoms in total. The van der Waals surface area contributed by atoms with Crippen LogP contribution in [-0.4, -0.2) is 63.3 Å². The van der Waals surface area contributed by atoms with Gasteiger partial charge in [-0.3, -0.25) is 9.59 Å². The Kier molecular flexibility index (Phi) is 8.03. The van der Waals surface area contributed by atoms with E-state index in [1.165, 1.54) is 24.8 Å². The third kappa shape index (κ3) is 5.65. The number of amides is 2. The van der Waals surface area contributed by atoms with Crippen molar-refractivity contribution in [3.05, 3.63) is 38.4 Å². The third-order valence-corrected chi connectivity index (χ3v) is 8.02. The van der Waals surface area contributed by atoms with Crippen LogP contribution in [0.25, 0.3) is 10.4 Å². The number of benzene rings is 1. The largest absolute Gasteiger partial charge is 0.421 e. The Bertz CT molecular complexity index is 1170. The number of carbonyl (C=O) groups excluding carboxylic acids is 2. The summed E-state index contributed by atoms with van der Waals surface area (Å²) in [6.45, 7) is 3.48. The SMILES string of the molecule is CN(C(=O)c1nc(C(=O)NCC(C)(C)O)sc1-c1ccc(C(C)(O)C(F)(F)F)c(Cl)c1Cl)C1CCC1. The Hall–Kier alpha value is -1.92. The maximum atomic E-state index is 13.4. The van der Waals surface area contributed by atoms with Crippen molar-refractivity contribution in [1.29, 1.82) is 0 Å². The van der Waals surface area contributed by atoms with Crippen molar-refractivity contribution in [2.45, 2.75) is 63.5 Å². The summed E-state index contributed by atoms with van der Waals surface area (Å²) in [6.07, 6.45) is -2.42. The standard InChI is InChI=1S/C23H26Cl2F3N3O4S/c1-21(2,34)10-29-18(32)19-30-16(20(33)31(4)11-6-5-7-11)17(36-19)12-8-9-13(15(25)14(12)24)22(3,35)23(26,27)28/h8-9,11,34-35H,5-7,10H2,1-4H3,(H,29,32). The van der Waals surface area contributed by atoms with Crippen molar-refractivity contribution >= 4 is 46.4 Å². The fraction of sp³-hybridized carbons (Fsp3) is 0.522. The molecule has 1 aliphatic rings. The fourth-order valence-corrected chi connectivity index (χ4v) is 5.15. The topological polar surface area (TPSA) is 103 Å². The average molecular weight is 568 g/mol. The second kappa shape index (κ2) is 10.1. The average Bonchev–Trinajstić information content (AvgIpc) is 3.15. The Labute approximate surface area is 220 Å². The summed E-state index contributed by atoms with van der Waals surface area (Å²) in [6, 6.07) is 2.19. The first-order valence-corrected chi connectivity index (χ1v) is 12.6. The highest BCUT2D eigenvalue weighted by Gasteiger charge is 2.52. The van der Waals surface area contributed by atoms with Gasteiger partial charge in [-0.1, -0.05) is 35.3 Å². The molecule has 1 fully saturated rings. The smallest absolute Gasteiger partial charge is 0.389 e. The number of alkyl halides is 3. The number of thiazole rings is 1. The lowest BCUT2D eigenvalue weighted by Crippen LogP contribution is -2.41. The lowest BCUT2D eigenvalue weighted by atomic mass is 9.91. The third-order valence-electron chi connectivity index (χ3n) is 6.05. The number of aromatic nitrogens is 1. The molecule has 1 heterocycles. The summed E-state index contributed by atoms with van der Waals surface area (Å²) in [5.41, 5.74) is -5.13. The molecule has 1 unspecified atom stereocenters. The summed E-state index contributed by atoms with van der Waals surface area (Å²) < 4.78 is 40.2. The first-order valence-electron chi connectivity index (χ1n) is 11.0. The van der Waals surface area contributed by atoms with Gasteiger partial charge in [0.05, 0.1) is 20.5 Å². The van der Waals surface area contributed by atoms with Gasteiger partial charge >= 0.3 is 6.18 Å². The van der Waals surface area contributed by atoms with Gasteiger partial charge in [-0.2, -0.15) is 13.2 Å². The van der Waals surface area contributed by atoms with Crippen LogP contribution in [0.1, 0.15) is 65.9 Å². The quantitative estimate of drug-likeness (QED) is 0.436. The second-order valence-corrected chi connectivity index (χ2v) is 11.3. The Balaban J connectivity index is 2.10. The molecular weight excluding hydrogens is 542 g/mol. The molecule has 1 atom stereocenters. The predicted octanol–water partition coefficient (Wildman–Crippen LogP) is 5.01. The molecule has 1 aromatic carbocycles. The maximum Gasteiger partial charge on any atom is 0.421 e. The zero-order valence-electron chi connectivity index (χ0n) is 20.0. The first kappa shape index (κ1) is 28.6. The molecule has 36 heavy (non-hydrogen) atoms. The fourth-order valence-electron chi connectivity index (χ4n) is 3.48. The molecule has 1 saturated carbocycles. The van der Waals surface area contributed by atoms with Gasteiger partial charge in [-0.25, -0.2) is 4.98 Å². The number of aliphatic hydroxyl groups is 2. The molecule has 3 rings (SSSR count). The molecule has 3 N–H and O–H groups in total. The van der Waals surface area contributed by atoms with Gasteiger partial charge in [0.25, 0.3) is 11.8 Å². The molecule has 1 aliphatic carbocycles. The van der Waals surface area contributed by atoms with Gasteiger partial charge in [0.1, 0.15) is 5.69 Å². The molecule has 13 heteroatoms. The minimum Gasteiger partial charge on any atom is -0.389 e. The summed E-state index contributed by atoms with van der Waals surface area (Å²) in [4.78, 5) is 31.9. The first-order chi connectivity index (χ1) is 16.5. The molecule has 0 aliphatic heterocycles. The minimum absolute atomic E-state index is 0.00262. The monoisotopic (exact) mass is 567 g/mol. The van der Waals surface area contributed by atoms with E-state index in [0.717, 1.165) is 36.7 Å². The lowest BCUT2D eigenvalue weighted by molar-refractivity contribution is -0.258.